The van der Waals surface area contributed by atoms with Crippen LogP contribution < -0.4 is 0 Å². The molecule has 0 radical (unpaired) electrons. The third kappa shape index (κ3) is 3.65. The molecule has 0 spiro atoms. The fraction of sp³-hybridized carbons (Fsp3) is 0.200. The van der Waals surface area contributed by atoms with Gasteiger partial charge in [0, 0.05) is 11.6 Å². The van der Waals surface area contributed by atoms with Gasteiger partial charge in [-0.3, -0.25) is 9.78 Å². The number of ketones is 1. The Morgan fingerprint density at radius 3 is 2.56 bits per heavy atom. The van der Waals surface area contributed by atoms with Gasteiger partial charge in [0.2, 0.25) is 5.78 Å². The molecule has 0 aliphatic heterocycles. The highest BCUT2D eigenvalue weighted by Gasteiger charge is 2.26. The van der Waals surface area contributed by atoms with Gasteiger partial charge in [-0.2, -0.15) is 5.26 Å². The molecular weight excluding hydrogens is 330 g/mol. The van der Waals surface area contributed by atoms with Gasteiger partial charge in [0.25, 0.3) is 0 Å². The van der Waals surface area contributed by atoms with Crippen molar-refractivity contribution in [1.29, 1.82) is 5.26 Å². The van der Waals surface area contributed by atoms with E-state index in [1.807, 2.05) is 55.6 Å². The van der Waals surface area contributed by atoms with Crippen LogP contribution >= 0.6 is 11.3 Å². The first-order valence-electron chi connectivity index (χ1n) is 8.00. The van der Waals surface area contributed by atoms with Crippen LogP contribution in [0, 0.1) is 11.3 Å². The maximum absolute atomic E-state index is 12.8. The molecule has 25 heavy (non-hydrogen) atoms. The zero-order chi connectivity index (χ0) is 17.8. The van der Waals surface area contributed by atoms with Gasteiger partial charge in [-0.15, -0.1) is 11.3 Å². The fourth-order valence-electron chi connectivity index (χ4n) is 2.45. The van der Waals surface area contributed by atoms with E-state index in [1.54, 1.807) is 12.3 Å². The third-order valence-electron chi connectivity index (χ3n) is 3.89. The molecule has 2 heterocycles. The summed E-state index contributed by atoms with van der Waals surface area (Å²) in [5.41, 5.74) is 3.09. The van der Waals surface area contributed by atoms with Gasteiger partial charge in [-0.25, -0.2) is 4.98 Å². The topological polar surface area (TPSA) is 66.6 Å². The minimum Gasteiger partial charge on any atom is -0.290 e. The van der Waals surface area contributed by atoms with Crippen molar-refractivity contribution >= 4 is 17.1 Å². The highest BCUT2D eigenvalue weighted by Crippen LogP contribution is 2.27. The molecule has 0 N–H and O–H groups in total. The number of thiazole rings is 1. The molecule has 0 aliphatic carbocycles. The van der Waals surface area contributed by atoms with E-state index in [2.05, 4.69) is 16.0 Å². The number of benzene rings is 1. The number of Topliss-reactive ketones (excluding diaryl/α,β-unsaturated/α-hetero) is 1. The molecule has 1 atom stereocenters. The highest BCUT2D eigenvalue weighted by atomic mass is 32.1. The van der Waals surface area contributed by atoms with Crippen LogP contribution in [-0.4, -0.2) is 15.8 Å². The average molecular weight is 347 g/mol. The maximum Gasteiger partial charge on any atom is 0.205 e. The Morgan fingerprint density at radius 2 is 1.92 bits per heavy atom. The Kier molecular flexibility index (Phi) is 5.01. The lowest BCUT2D eigenvalue weighted by Crippen LogP contribution is -2.13. The Labute approximate surface area is 150 Å². The molecule has 0 fully saturated rings. The number of hydrogen-bond donors (Lipinski definition) is 0. The molecule has 3 aromatic rings. The molecule has 0 amide bonds. The second-order valence-corrected chi connectivity index (χ2v) is 6.88. The molecule has 0 bridgehead atoms. The first-order valence-corrected chi connectivity index (χ1v) is 8.88. The minimum absolute atomic E-state index is 0.263. The number of hydrogen-bond acceptors (Lipinski definition) is 5. The number of rotatable bonds is 5. The summed E-state index contributed by atoms with van der Waals surface area (Å²) in [4.78, 5) is 21.5. The van der Waals surface area contributed by atoms with Crippen molar-refractivity contribution in [3.63, 3.8) is 0 Å². The predicted octanol–water partition coefficient (Wildman–Crippen LogP) is 4.82. The third-order valence-corrected chi connectivity index (χ3v) is 4.82. The van der Waals surface area contributed by atoms with Crippen molar-refractivity contribution < 1.29 is 4.79 Å². The Balaban J connectivity index is 1.92. The monoisotopic (exact) mass is 347 g/mol. The summed E-state index contributed by atoms with van der Waals surface area (Å²) in [6.07, 6.45) is 1.60. The molecule has 1 aromatic carbocycles. The molecular formula is C20H17N3OS. The van der Waals surface area contributed by atoms with E-state index < -0.39 is 5.92 Å². The summed E-state index contributed by atoms with van der Waals surface area (Å²) in [5, 5.41) is 12.0. The van der Waals surface area contributed by atoms with E-state index in [4.69, 9.17) is 0 Å². The number of aromatic nitrogens is 2. The second kappa shape index (κ2) is 7.37. The minimum atomic E-state index is -0.920. The van der Waals surface area contributed by atoms with Gasteiger partial charge in [0.15, 0.2) is 5.92 Å². The summed E-state index contributed by atoms with van der Waals surface area (Å²) in [6, 6.07) is 15.5. The highest BCUT2D eigenvalue weighted by molar-refractivity contribution is 7.10. The van der Waals surface area contributed by atoms with Gasteiger partial charge in [0.05, 0.1) is 11.8 Å². The van der Waals surface area contributed by atoms with Gasteiger partial charge in [-0.1, -0.05) is 44.2 Å². The lowest BCUT2D eigenvalue weighted by molar-refractivity contribution is 0.0974. The van der Waals surface area contributed by atoms with Crippen molar-refractivity contribution in [1.82, 2.24) is 9.97 Å². The second-order valence-electron chi connectivity index (χ2n) is 5.99. The number of carbonyl (C=O) groups excluding carboxylic acids is 1. The largest absolute Gasteiger partial charge is 0.290 e. The Morgan fingerprint density at radius 1 is 1.16 bits per heavy atom. The van der Waals surface area contributed by atoms with E-state index in [0.717, 1.165) is 16.8 Å². The molecule has 0 saturated carbocycles. The molecule has 2 aromatic heterocycles. The summed E-state index contributed by atoms with van der Waals surface area (Å²) >= 11 is 1.35. The van der Waals surface area contributed by atoms with Crippen LogP contribution in [0.15, 0.2) is 54.0 Å². The van der Waals surface area contributed by atoms with Crippen molar-refractivity contribution in [2.24, 2.45) is 0 Å². The molecule has 0 aliphatic rings. The van der Waals surface area contributed by atoms with E-state index in [9.17, 15) is 10.1 Å². The molecule has 5 heteroatoms. The summed E-state index contributed by atoms with van der Waals surface area (Å²) < 4.78 is 0. The van der Waals surface area contributed by atoms with Crippen LogP contribution in [0.1, 0.15) is 46.9 Å². The van der Waals surface area contributed by atoms with Crippen LogP contribution in [0.3, 0.4) is 0 Å². The molecule has 0 saturated heterocycles. The lowest BCUT2D eigenvalue weighted by atomic mass is 10.00. The predicted molar refractivity (Wildman–Crippen MR) is 98.6 cm³/mol. The molecule has 3 rings (SSSR count). The zero-order valence-electron chi connectivity index (χ0n) is 14.0. The van der Waals surface area contributed by atoms with Crippen LogP contribution in [-0.2, 0) is 0 Å². The van der Waals surface area contributed by atoms with Crippen molar-refractivity contribution in [3.8, 4) is 17.2 Å². The van der Waals surface area contributed by atoms with Crippen LogP contribution in [0.25, 0.3) is 11.1 Å². The molecule has 124 valence electrons. The van der Waals surface area contributed by atoms with E-state index >= 15 is 0 Å². The molecule has 1 unspecified atom stereocenters. The number of pyridine rings is 1. The van der Waals surface area contributed by atoms with Crippen LogP contribution in [0.5, 0.6) is 0 Å². The normalized spacial score (nSPS) is 11.9. The zero-order valence-corrected chi connectivity index (χ0v) is 14.8. The average Bonchev–Trinajstić information content (AvgIpc) is 3.13. The van der Waals surface area contributed by atoms with Crippen LogP contribution in [0.2, 0.25) is 0 Å². The number of nitriles is 1. The summed E-state index contributed by atoms with van der Waals surface area (Å²) in [5.74, 6) is -0.972. The fourth-order valence-corrected chi connectivity index (χ4v) is 3.47. The molecule has 4 nitrogen and oxygen atoms in total. The number of carbonyl (C=O) groups is 1. The van der Waals surface area contributed by atoms with Crippen molar-refractivity contribution in [2.75, 3.05) is 0 Å². The van der Waals surface area contributed by atoms with E-state index in [1.165, 1.54) is 11.3 Å². The standard InChI is InChI=1S/C20H17N3OS/c1-13(2)18-12-25-20(23-18)16(11-21)19(24)17-10-15(8-9-22-17)14-6-4-3-5-7-14/h3-10,12-13,16H,1-2H3. The summed E-state index contributed by atoms with van der Waals surface area (Å²) in [7, 11) is 0. The van der Waals surface area contributed by atoms with Gasteiger partial charge in [0.1, 0.15) is 10.7 Å². The number of nitrogens with zero attached hydrogens (tertiary/aromatic N) is 3. The van der Waals surface area contributed by atoms with Gasteiger partial charge < -0.3 is 0 Å². The first-order chi connectivity index (χ1) is 12.1. The van der Waals surface area contributed by atoms with E-state index in [-0.39, 0.29) is 17.4 Å². The van der Waals surface area contributed by atoms with Crippen molar-refractivity contribution in [2.45, 2.75) is 25.7 Å². The maximum atomic E-state index is 12.8. The quantitative estimate of drug-likeness (QED) is 0.621. The smallest absolute Gasteiger partial charge is 0.205 e. The van der Waals surface area contributed by atoms with Gasteiger partial charge in [-0.05, 0) is 29.2 Å². The summed E-state index contributed by atoms with van der Waals surface area (Å²) in [6.45, 7) is 4.07. The van der Waals surface area contributed by atoms with Crippen LogP contribution in [0.4, 0.5) is 0 Å². The lowest BCUT2D eigenvalue weighted by Gasteiger charge is -2.07. The Bertz CT molecular complexity index is 925. The van der Waals surface area contributed by atoms with Crippen molar-refractivity contribution in [3.05, 3.63) is 70.4 Å². The first kappa shape index (κ1) is 17.0. The SMILES string of the molecule is CC(C)c1csc(C(C#N)C(=O)c2cc(-c3ccccc3)ccn2)n1. The van der Waals surface area contributed by atoms with E-state index in [0.29, 0.717) is 5.01 Å². The van der Waals surface area contributed by atoms with Gasteiger partial charge >= 0.3 is 0 Å². The Hall–Kier alpha value is -2.84.